The quantitative estimate of drug-likeness (QED) is 0.258. The first-order valence-corrected chi connectivity index (χ1v) is 13.5. The van der Waals surface area contributed by atoms with E-state index < -0.39 is 0 Å². The highest BCUT2D eigenvalue weighted by Gasteiger charge is 2.38. The molecule has 6 aromatic rings. The van der Waals surface area contributed by atoms with Crippen LogP contribution in [0.25, 0.3) is 22.7 Å². The van der Waals surface area contributed by atoms with E-state index in [9.17, 15) is 0 Å². The van der Waals surface area contributed by atoms with Crippen molar-refractivity contribution in [3.63, 3.8) is 0 Å². The largest absolute Gasteiger partial charge is 0.493 e. The average molecular weight is 560 g/mol. The maximum Gasteiger partial charge on any atom is 0.230 e. The number of hydrogen-bond donors (Lipinski definition) is 0. The monoisotopic (exact) mass is 559 g/mol. The van der Waals surface area contributed by atoms with E-state index in [0.29, 0.717) is 34.7 Å². The summed E-state index contributed by atoms with van der Waals surface area (Å²) in [7, 11) is 7.29. The lowest BCUT2D eigenvalue weighted by molar-refractivity contribution is 0.354. The summed E-state index contributed by atoms with van der Waals surface area (Å²) in [5, 5.41) is 9.71. The molecule has 1 atom stereocenters. The van der Waals surface area contributed by atoms with Crippen molar-refractivity contribution in [1.82, 2.24) is 29.4 Å². The fraction of sp³-hybridized carbons (Fsp3) is 0.188. The first-order chi connectivity index (χ1) is 20.5. The van der Waals surface area contributed by atoms with Gasteiger partial charge in [0.25, 0.3) is 0 Å². The molecule has 3 aromatic heterocycles. The number of rotatable bonds is 6. The minimum Gasteiger partial charge on any atom is -0.493 e. The normalized spacial score (nSPS) is 13.8. The zero-order valence-corrected chi connectivity index (χ0v) is 23.9. The van der Waals surface area contributed by atoms with Gasteiger partial charge in [0.05, 0.1) is 42.6 Å². The Morgan fingerprint density at radius 3 is 2.33 bits per heavy atom. The maximum absolute atomic E-state index is 6.55. The van der Waals surface area contributed by atoms with Crippen molar-refractivity contribution in [2.24, 2.45) is 0 Å². The first-order valence-electron chi connectivity index (χ1n) is 13.5. The molecule has 0 radical (unpaired) electrons. The zero-order valence-electron chi connectivity index (χ0n) is 23.9. The number of fused-ring (bicyclic) bond motifs is 4. The Kier molecular flexibility index (Phi) is 6.04. The van der Waals surface area contributed by atoms with Crippen LogP contribution >= 0.6 is 0 Å². The highest BCUT2D eigenvalue weighted by atomic mass is 16.5. The Labute approximate surface area is 242 Å². The molecular weight excluding hydrogens is 530 g/mol. The molecule has 10 heteroatoms. The van der Waals surface area contributed by atoms with E-state index in [0.717, 1.165) is 39.3 Å². The van der Waals surface area contributed by atoms with Crippen molar-refractivity contribution in [1.29, 1.82) is 0 Å². The lowest BCUT2D eigenvalue weighted by Gasteiger charge is -2.26. The van der Waals surface area contributed by atoms with Crippen molar-refractivity contribution in [3.05, 3.63) is 102 Å². The van der Waals surface area contributed by atoms with E-state index in [2.05, 4.69) is 17.0 Å². The SMILES string of the molecule is COc1ccc(C2c3c(C)nn(-c4ccccc4)c3Oc3ncn4nc(-c5ccc(N(C)C)cc5)nc4c32)cc1OC. The third-order valence-corrected chi connectivity index (χ3v) is 7.60. The second kappa shape index (κ2) is 9.91. The first kappa shape index (κ1) is 25.6. The van der Waals surface area contributed by atoms with Gasteiger partial charge in [-0.3, -0.25) is 0 Å². The molecule has 0 N–H and O–H groups in total. The summed E-state index contributed by atoms with van der Waals surface area (Å²) in [6.07, 6.45) is 1.64. The number of methoxy groups -OCH3 is 2. The summed E-state index contributed by atoms with van der Waals surface area (Å²) >= 11 is 0. The molecule has 3 aromatic carbocycles. The summed E-state index contributed by atoms with van der Waals surface area (Å²) < 4.78 is 21.3. The molecular formula is C32H29N7O3. The third-order valence-electron chi connectivity index (χ3n) is 7.60. The minimum atomic E-state index is -0.314. The Hall–Kier alpha value is -5.38. The van der Waals surface area contributed by atoms with Gasteiger partial charge in [0, 0.05) is 25.3 Å². The Morgan fingerprint density at radius 1 is 0.857 bits per heavy atom. The molecule has 210 valence electrons. The maximum atomic E-state index is 6.55. The van der Waals surface area contributed by atoms with Crippen LogP contribution < -0.4 is 19.1 Å². The van der Waals surface area contributed by atoms with Crippen molar-refractivity contribution in [2.45, 2.75) is 12.8 Å². The van der Waals surface area contributed by atoms with Gasteiger partial charge >= 0.3 is 0 Å². The summed E-state index contributed by atoms with van der Waals surface area (Å²) in [5.74, 6) is 2.62. The van der Waals surface area contributed by atoms with E-state index in [4.69, 9.17) is 34.4 Å². The summed E-state index contributed by atoms with van der Waals surface area (Å²) in [4.78, 5) is 11.8. The molecule has 0 bridgehead atoms. The lowest BCUT2D eigenvalue weighted by atomic mass is 9.84. The standard InChI is InChI=1S/C32H29N7O3/c1-19-26-27(21-13-16-24(40-4)25(17-21)41-5)28-30-34-29(20-11-14-22(15-12-20)37(2)3)36-38(30)18-33-31(28)42-32(26)39(35-19)23-9-7-6-8-10-23/h6-18,27H,1-5H3. The van der Waals surface area contributed by atoms with Crippen molar-refractivity contribution in [3.8, 4) is 40.3 Å². The van der Waals surface area contributed by atoms with Crippen LogP contribution in [0.2, 0.25) is 0 Å². The Bertz CT molecular complexity index is 1930. The zero-order chi connectivity index (χ0) is 29.0. The molecule has 0 amide bonds. The predicted octanol–water partition coefficient (Wildman–Crippen LogP) is 5.65. The number of aryl methyl sites for hydroxylation is 1. The number of para-hydroxylation sites is 1. The van der Waals surface area contributed by atoms with E-state index in [1.807, 2.05) is 86.4 Å². The van der Waals surface area contributed by atoms with Crippen LogP contribution in [0.3, 0.4) is 0 Å². The lowest BCUT2D eigenvalue weighted by Crippen LogP contribution is -2.16. The van der Waals surface area contributed by atoms with Gasteiger partial charge in [-0.05, 0) is 61.0 Å². The Morgan fingerprint density at radius 2 is 1.62 bits per heavy atom. The summed E-state index contributed by atoms with van der Waals surface area (Å²) in [6.45, 7) is 2.00. The number of nitrogens with zero attached hydrogens (tertiary/aromatic N) is 7. The van der Waals surface area contributed by atoms with Gasteiger partial charge in [0.2, 0.25) is 11.8 Å². The third kappa shape index (κ3) is 4.02. The second-order valence-corrected chi connectivity index (χ2v) is 10.3. The predicted molar refractivity (Wildman–Crippen MR) is 159 cm³/mol. The molecule has 42 heavy (non-hydrogen) atoms. The van der Waals surface area contributed by atoms with Gasteiger partial charge in [-0.15, -0.1) is 5.10 Å². The van der Waals surface area contributed by atoms with E-state index >= 15 is 0 Å². The van der Waals surface area contributed by atoms with Crippen LogP contribution in [-0.2, 0) is 0 Å². The topological polar surface area (TPSA) is 91.8 Å². The fourth-order valence-electron chi connectivity index (χ4n) is 5.52. The van der Waals surface area contributed by atoms with Crippen LogP contribution in [0.4, 0.5) is 5.69 Å². The molecule has 0 aliphatic carbocycles. The van der Waals surface area contributed by atoms with Gasteiger partial charge in [-0.1, -0.05) is 24.3 Å². The molecule has 1 unspecified atom stereocenters. The molecule has 4 heterocycles. The molecule has 10 nitrogen and oxygen atoms in total. The average Bonchev–Trinajstić information content (AvgIpc) is 3.61. The van der Waals surface area contributed by atoms with Crippen LogP contribution in [0.15, 0.2) is 79.1 Å². The van der Waals surface area contributed by atoms with Crippen LogP contribution in [0, 0.1) is 6.92 Å². The molecule has 0 spiro atoms. The van der Waals surface area contributed by atoms with Gasteiger partial charge in [0.15, 0.2) is 23.0 Å². The van der Waals surface area contributed by atoms with Gasteiger partial charge in [-0.2, -0.15) is 5.10 Å². The number of aromatic nitrogens is 6. The summed E-state index contributed by atoms with van der Waals surface area (Å²) in [6, 6.07) is 24.0. The molecule has 1 aliphatic rings. The van der Waals surface area contributed by atoms with E-state index in [1.54, 1.807) is 25.1 Å². The Balaban J connectivity index is 1.46. The number of benzene rings is 3. The minimum absolute atomic E-state index is 0.314. The van der Waals surface area contributed by atoms with Gasteiger partial charge < -0.3 is 19.1 Å². The van der Waals surface area contributed by atoms with Crippen molar-refractivity contribution in [2.75, 3.05) is 33.2 Å². The van der Waals surface area contributed by atoms with Gasteiger partial charge in [0.1, 0.15) is 6.33 Å². The van der Waals surface area contributed by atoms with Crippen LogP contribution in [-0.4, -0.2) is 57.7 Å². The molecule has 0 saturated carbocycles. The van der Waals surface area contributed by atoms with Gasteiger partial charge in [-0.25, -0.2) is 19.2 Å². The highest BCUT2D eigenvalue weighted by Crippen LogP contribution is 2.50. The van der Waals surface area contributed by atoms with E-state index in [-0.39, 0.29) is 5.92 Å². The molecule has 1 aliphatic heterocycles. The van der Waals surface area contributed by atoms with E-state index in [1.165, 1.54) is 0 Å². The number of ether oxygens (including phenoxy) is 3. The smallest absolute Gasteiger partial charge is 0.230 e. The second-order valence-electron chi connectivity index (χ2n) is 10.3. The number of hydrogen-bond acceptors (Lipinski definition) is 8. The molecule has 7 rings (SSSR count). The molecule has 0 fully saturated rings. The van der Waals surface area contributed by atoms with Crippen molar-refractivity contribution >= 4 is 11.3 Å². The fourth-order valence-corrected chi connectivity index (χ4v) is 5.52. The summed E-state index contributed by atoms with van der Waals surface area (Å²) in [5.41, 5.74) is 7.08. The highest BCUT2D eigenvalue weighted by molar-refractivity contribution is 5.70. The van der Waals surface area contributed by atoms with Crippen LogP contribution in [0.5, 0.6) is 23.3 Å². The molecule has 0 saturated heterocycles. The van der Waals surface area contributed by atoms with Crippen molar-refractivity contribution < 1.29 is 14.2 Å². The van der Waals surface area contributed by atoms with Crippen LogP contribution in [0.1, 0.15) is 28.3 Å². The number of anilines is 1.